The van der Waals surface area contributed by atoms with E-state index in [-0.39, 0.29) is 48.9 Å². The van der Waals surface area contributed by atoms with E-state index in [1.165, 1.54) is 12.1 Å². The molecule has 2 saturated heterocycles. The van der Waals surface area contributed by atoms with E-state index >= 15 is 4.39 Å². The first-order valence-electron chi connectivity index (χ1n) is 14.5. The van der Waals surface area contributed by atoms with Crippen molar-refractivity contribution in [1.29, 1.82) is 0 Å². The second kappa shape index (κ2) is 11.9. The molecule has 1 unspecified atom stereocenters. The van der Waals surface area contributed by atoms with Crippen LogP contribution in [0.2, 0.25) is 5.02 Å². The number of rotatable bonds is 11. The van der Waals surface area contributed by atoms with E-state index in [2.05, 4.69) is 21.4 Å². The molecule has 0 bridgehead atoms. The van der Waals surface area contributed by atoms with E-state index in [1.54, 1.807) is 12.1 Å². The molecule has 0 amide bonds. The minimum Gasteiger partial charge on any atom is -0.461 e. The third kappa shape index (κ3) is 5.42. The molecule has 6 rings (SSSR count). The third-order valence-electron chi connectivity index (χ3n) is 8.58. The number of nitrogens with zero attached hydrogens (tertiary/aromatic N) is 5. The van der Waals surface area contributed by atoms with Gasteiger partial charge in [-0.05, 0) is 62.9 Å². The van der Waals surface area contributed by atoms with E-state index < -0.39 is 11.6 Å². The lowest BCUT2D eigenvalue weighted by molar-refractivity contribution is -0.108. The first kappa shape index (κ1) is 29.7. The van der Waals surface area contributed by atoms with Gasteiger partial charge in [-0.2, -0.15) is 9.97 Å². The number of fused-ring (bicyclic) bond motifs is 3. The van der Waals surface area contributed by atoms with Crippen LogP contribution in [0.25, 0.3) is 32.2 Å². The normalized spacial score (nSPS) is 16.9. The molecule has 2 aromatic heterocycles. The molecule has 12 heteroatoms. The topological polar surface area (TPSA) is 97.5 Å². The smallest absolute Gasteiger partial charge is 0.319 e. The monoisotopic (exact) mass is 626 g/mol. The Labute approximate surface area is 257 Å². The maximum Gasteiger partial charge on any atom is 0.319 e. The minimum absolute atomic E-state index is 0.00141. The zero-order chi connectivity index (χ0) is 30.3. The quantitative estimate of drug-likeness (QED) is 0.146. The fraction of sp³-hybridized carbons (Fsp3) is 0.419. The van der Waals surface area contributed by atoms with Crippen molar-refractivity contribution in [2.45, 2.75) is 44.6 Å². The fourth-order valence-electron chi connectivity index (χ4n) is 6.58. The number of benzene rings is 2. The van der Waals surface area contributed by atoms with Crippen LogP contribution in [0, 0.1) is 17.6 Å². The van der Waals surface area contributed by atoms with E-state index in [0.717, 1.165) is 56.4 Å². The van der Waals surface area contributed by atoms with Crippen molar-refractivity contribution < 1.29 is 18.3 Å². The number of carbonyl (C=O) groups excluding carboxylic acids is 1. The number of carbonyl (C=O) groups is 1. The fourth-order valence-corrected chi connectivity index (χ4v) is 7.64. The maximum atomic E-state index is 16.7. The van der Waals surface area contributed by atoms with Crippen LogP contribution in [0.15, 0.2) is 30.9 Å². The number of aromatic nitrogens is 3. The number of halogens is 3. The predicted octanol–water partition coefficient (Wildman–Crippen LogP) is 6.65. The molecular weight excluding hydrogens is 594 g/mol. The Morgan fingerprint density at radius 3 is 2.72 bits per heavy atom. The first-order chi connectivity index (χ1) is 20.7. The molecule has 8 nitrogen and oxygen atoms in total. The number of aldehydes is 1. The molecule has 2 fully saturated rings. The van der Waals surface area contributed by atoms with Crippen molar-refractivity contribution >= 4 is 61.3 Å². The molecule has 0 radical (unpaired) electrons. The summed E-state index contributed by atoms with van der Waals surface area (Å²) in [6.45, 7) is 9.20. The Hall–Kier alpha value is -3.41. The van der Waals surface area contributed by atoms with Crippen molar-refractivity contribution in [2.75, 3.05) is 43.4 Å². The Kier molecular flexibility index (Phi) is 8.23. The number of ether oxygens (including phenoxy) is 1. The molecule has 4 heterocycles. The second-order valence-electron chi connectivity index (χ2n) is 11.5. The SMILES string of the molecule is C=CCN(CC(C)CC=O)c1nc(OCC23CCCN2CCC3)nc2c(F)c(-c3ccc(F)c4sc(N)nc34)c(Cl)cc12. The van der Waals surface area contributed by atoms with Crippen LogP contribution in [0.5, 0.6) is 6.01 Å². The Bertz CT molecular complexity index is 1710. The lowest BCUT2D eigenvalue weighted by Gasteiger charge is -2.31. The summed E-state index contributed by atoms with van der Waals surface area (Å²) in [6.07, 6.45) is 7.25. The van der Waals surface area contributed by atoms with Crippen LogP contribution < -0.4 is 15.4 Å². The van der Waals surface area contributed by atoms with Crippen molar-refractivity contribution in [3.63, 3.8) is 0 Å². The molecule has 0 saturated carbocycles. The zero-order valence-electron chi connectivity index (χ0n) is 23.9. The van der Waals surface area contributed by atoms with Crippen LogP contribution in [0.1, 0.15) is 39.0 Å². The lowest BCUT2D eigenvalue weighted by Crippen LogP contribution is -2.43. The highest BCUT2D eigenvalue weighted by atomic mass is 35.5. The zero-order valence-corrected chi connectivity index (χ0v) is 25.5. The van der Waals surface area contributed by atoms with Gasteiger partial charge in [0.25, 0.3) is 0 Å². The van der Waals surface area contributed by atoms with Gasteiger partial charge < -0.3 is 20.2 Å². The van der Waals surface area contributed by atoms with Gasteiger partial charge in [0, 0.05) is 36.0 Å². The van der Waals surface area contributed by atoms with E-state index in [1.807, 2.05) is 11.8 Å². The second-order valence-corrected chi connectivity index (χ2v) is 12.9. The van der Waals surface area contributed by atoms with Gasteiger partial charge in [-0.25, -0.2) is 13.8 Å². The highest BCUT2D eigenvalue weighted by Crippen LogP contribution is 2.43. The minimum atomic E-state index is -0.698. The standard InChI is InChI=1S/C31H33ClF2N6O2S/c1-3-11-39(16-18(2)8-14-41)28-20-15-21(32)23(19-6-7-22(33)27-26(19)36-29(35)43-27)24(34)25(20)37-30(38-28)42-17-31-9-4-12-40(31)13-5-10-31/h3,6-7,14-15,18H,1,4-5,8-13,16-17H2,2H3,(H2,35,36). The Balaban J connectivity index is 1.51. The largest absolute Gasteiger partial charge is 0.461 e. The molecule has 2 N–H and O–H groups in total. The first-order valence-corrected chi connectivity index (χ1v) is 15.7. The lowest BCUT2D eigenvalue weighted by atomic mass is 9.95. The molecule has 2 aromatic carbocycles. The Morgan fingerprint density at radius 2 is 2.00 bits per heavy atom. The van der Waals surface area contributed by atoms with Gasteiger partial charge in [-0.15, -0.1) is 6.58 Å². The summed E-state index contributed by atoms with van der Waals surface area (Å²) >= 11 is 7.77. The highest BCUT2D eigenvalue weighted by Gasteiger charge is 2.45. The summed E-state index contributed by atoms with van der Waals surface area (Å²) in [5.74, 6) is -0.767. The van der Waals surface area contributed by atoms with Gasteiger partial charge >= 0.3 is 6.01 Å². The number of nitrogen functional groups attached to an aromatic ring is 1. The summed E-state index contributed by atoms with van der Waals surface area (Å²) in [7, 11) is 0. The number of nitrogens with two attached hydrogens (primary N) is 1. The van der Waals surface area contributed by atoms with Gasteiger partial charge in [0.2, 0.25) is 0 Å². The number of thiazole rings is 1. The van der Waals surface area contributed by atoms with Gasteiger partial charge in [0.15, 0.2) is 10.9 Å². The third-order valence-corrected chi connectivity index (χ3v) is 9.78. The van der Waals surface area contributed by atoms with Crippen LogP contribution in [0.3, 0.4) is 0 Å². The summed E-state index contributed by atoms with van der Waals surface area (Å²) in [5.41, 5.74) is 6.43. The molecular formula is C31H33ClF2N6O2S. The molecule has 4 aromatic rings. The predicted molar refractivity (Wildman–Crippen MR) is 168 cm³/mol. The summed E-state index contributed by atoms with van der Waals surface area (Å²) < 4.78 is 37.8. The summed E-state index contributed by atoms with van der Waals surface area (Å²) in [5, 5.41) is 0.640. The van der Waals surface area contributed by atoms with Crippen molar-refractivity contribution in [2.24, 2.45) is 5.92 Å². The van der Waals surface area contributed by atoms with E-state index in [0.29, 0.717) is 42.9 Å². The summed E-state index contributed by atoms with van der Waals surface area (Å²) in [4.78, 5) is 29.3. The van der Waals surface area contributed by atoms with Gasteiger partial charge in [0.1, 0.15) is 30.0 Å². The molecule has 2 aliphatic heterocycles. The molecule has 2 aliphatic rings. The average molecular weight is 627 g/mol. The molecule has 0 aliphatic carbocycles. The van der Waals surface area contributed by atoms with Crippen molar-refractivity contribution in [3.05, 3.63) is 47.5 Å². The Morgan fingerprint density at radius 1 is 1.23 bits per heavy atom. The highest BCUT2D eigenvalue weighted by molar-refractivity contribution is 7.22. The summed E-state index contributed by atoms with van der Waals surface area (Å²) in [6, 6.07) is 4.38. The molecule has 0 spiro atoms. The van der Waals surface area contributed by atoms with Gasteiger partial charge in [0.05, 0.1) is 20.8 Å². The van der Waals surface area contributed by atoms with Crippen LogP contribution in [-0.4, -0.2) is 64.5 Å². The number of hydrogen-bond acceptors (Lipinski definition) is 9. The van der Waals surface area contributed by atoms with Crippen molar-refractivity contribution in [3.8, 4) is 17.1 Å². The van der Waals surface area contributed by atoms with Crippen molar-refractivity contribution in [1.82, 2.24) is 19.9 Å². The van der Waals surface area contributed by atoms with Crippen LogP contribution in [0.4, 0.5) is 19.7 Å². The van der Waals surface area contributed by atoms with Crippen LogP contribution in [-0.2, 0) is 4.79 Å². The number of hydrogen-bond donors (Lipinski definition) is 1. The molecule has 226 valence electrons. The van der Waals surface area contributed by atoms with Gasteiger partial charge in [-0.3, -0.25) is 4.90 Å². The van der Waals surface area contributed by atoms with Crippen LogP contribution >= 0.6 is 22.9 Å². The number of anilines is 2. The van der Waals surface area contributed by atoms with Gasteiger partial charge in [-0.1, -0.05) is 35.9 Å². The van der Waals surface area contributed by atoms with E-state index in [9.17, 15) is 9.18 Å². The molecule has 43 heavy (non-hydrogen) atoms. The molecule has 1 atom stereocenters. The maximum absolute atomic E-state index is 16.7. The van der Waals surface area contributed by atoms with E-state index in [4.69, 9.17) is 27.1 Å². The average Bonchev–Trinajstić information content (AvgIpc) is 3.67.